The Morgan fingerprint density at radius 2 is 1.88 bits per heavy atom. The van der Waals surface area contributed by atoms with Crippen molar-refractivity contribution in [3.8, 4) is 22.8 Å². The molecule has 5 heterocycles. The molecular weight excluding hydrogens is 412 g/mol. The summed E-state index contributed by atoms with van der Waals surface area (Å²) >= 11 is 0. The number of likely N-dealkylation sites (N-methyl/N-ethyl adjacent to an activating group) is 1. The number of anilines is 2. The van der Waals surface area contributed by atoms with Crippen LogP contribution in [0.3, 0.4) is 0 Å². The van der Waals surface area contributed by atoms with Crippen molar-refractivity contribution >= 4 is 17.5 Å². The van der Waals surface area contributed by atoms with Gasteiger partial charge in [-0.05, 0) is 24.3 Å². The first kappa shape index (κ1) is 19.7. The number of aromatic nitrogens is 6. The molecule has 1 amide bonds. The van der Waals surface area contributed by atoms with Crippen LogP contribution >= 0.6 is 0 Å². The molecule has 1 saturated heterocycles. The SMILES string of the molecule is CN1CCC(O)(c2cc(-c3cccc(-c4ccnc(Nc5ccnnc5)n4)n3)no2)C1=O. The minimum Gasteiger partial charge on any atom is -0.373 e. The zero-order valence-corrected chi connectivity index (χ0v) is 17.0. The van der Waals surface area contributed by atoms with E-state index in [1.807, 2.05) is 12.1 Å². The van der Waals surface area contributed by atoms with E-state index in [-0.39, 0.29) is 12.2 Å². The number of aliphatic hydroxyl groups is 1. The molecule has 0 bridgehead atoms. The number of carbonyl (C=O) groups is 1. The van der Waals surface area contributed by atoms with Gasteiger partial charge in [-0.2, -0.15) is 10.2 Å². The topological polar surface area (TPSA) is 143 Å². The van der Waals surface area contributed by atoms with Crippen LogP contribution in [0.25, 0.3) is 22.8 Å². The lowest BCUT2D eigenvalue weighted by Gasteiger charge is -2.16. The Balaban J connectivity index is 1.42. The molecule has 1 aliphatic heterocycles. The van der Waals surface area contributed by atoms with Crippen molar-refractivity contribution < 1.29 is 14.4 Å². The van der Waals surface area contributed by atoms with Crippen molar-refractivity contribution in [2.24, 2.45) is 0 Å². The molecule has 32 heavy (non-hydrogen) atoms. The van der Waals surface area contributed by atoms with Crippen LogP contribution < -0.4 is 5.32 Å². The number of amides is 1. The van der Waals surface area contributed by atoms with Gasteiger partial charge in [0.15, 0.2) is 5.76 Å². The van der Waals surface area contributed by atoms with E-state index in [2.05, 4.69) is 35.6 Å². The summed E-state index contributed by atoms with van der Waals surface area (Å²) in [7, 11) is 1.64. The summed E-state index contributed by atoms with van der Waals surface area (Å²) in [6, 6.07) is 10.4. The van der Waals surface area contributed by atoms with Crippen molar-refractivity contribution in [3.63, 3.8) is 0 Å². The number of nitrogens with zero attached hydrogens (tertiary/aromatic N) is 7. The summed E-state index contributed by atoms with van der Waals surface area (Å²) in [5, 5.41) is 25.4. The predicted molar refractivity (Wildman–Crippen MR) is 112 cm³/mol. The molecule has 160 valence electrons. The lowest BCUT2D eigenvalue weighted by atomic mass is 9.98. The zero-order chi connectivity index (χ0) is 22.1. The fourth-order valence-corrected chi connectivity index (χ4v) is 3.45. The molecule has 1 fully saturated rings. The predicted octanol–water partition coefficient (Wildman–Crippen LogP) is 1.78. The largest absolute Gasteiger partial charge is 0.373 e. The van der Waals surface area contributed by atoms with E-state index in [9.17, 15) is 9.90 Å². The second-order valence-corrected chi connectivity index (χ2v) is 7.34. The highest BCUT2D eigenvalue weighted by molar-refractivity contribution is 5.87. The summed E-state index contributed by atoms with van der Waals surface area (Å²) in [6.45, 7) is 0.443. The first-order valence-electron chi connectivity index (χ1n) is 9.83. The third-order valence-electron chi connectivity index (χ3n) is 5.20. The van der Waals surface area contributed by atoms with Crippen LogP contribution in [0.15, 0.2) is 59.5 Å². The van der Waals surface area contributed by atoms with Gasteiger partial charge in [-0.1, -0.05) is 11.2 Å². The Bertz CT molecular complexity index is 1280. The second kappa shape index (κ2) is 7.78. The quantitative estimate of drug-likeness (QED) is 0.481. The first-order chi connectivity index (χ1) is 15.5. The molecule has 4 aromatic heterocycles. The molecule has 11 nitrogen and oxygen atoms in total. The molecule has 0 aromatic carbocycles. The van der Waals surface area contributed by atoms with Crippen molar-refractivity contribution in [1.29, 1.82) is 0 Å². The minimum atomic E-state index is -1.70. The number of rotatable bonds is 5. The molecule has 0 radical (unpaired) electrons. The number of likely N-dealkylation sites (tertiary alicyclic amines) is 1. The number of nitrogens with one attached hydrogen (secondary N) is 1. The van der Waals surface area contributed by atoms with E-state index in [1.54, 1.807) is 49.9 Å². The van der Waals surface area contributed by atoms with E-state index < -0.39 is 11.5 Å². The van der Waals surface area contributed by atoms with Gasteiger partial charge in [0.05, 0.1) is 35.2 Å². The van der Waals surface area contributed by atoms with Crippen molar-refractivity contribution in [2.45, 2.75) is 12.0 Å². The molecule has 4 aromatic rings. The normalized spacial score (nSPS) is 18.2. The molecule has 0 spiro atoms. The molecule has 1 atom stereocenters. The third kappa shape index (κ3) is 3.54. The monoisotopic (exact) mass is 430 g/mol. The summed E-state index contributed by atoms with van der Waals surface area (Å²) < 4.78 is 5.32. The van der Waals surface area contributed by atoms with Crippen LogP contribution in [-0.2, 0) is 10.4 Å². The second-order valence-electron chi connectivity index (χ2n) is 7.34. The van der Waals surface area contributed by atoms with Gasteiger partial charge in [-0.15, -0.1) is 0 Å². The molecule has 1 aliphatic rings. The highest BCUT2D eigenvalue weighted by atomic mass is 16.5. The Hall–Kier alpha value is -4.25. The highest BCUT2D eigenvalue weighted by Crippen LogP contribution is 2.34. The van der Waals surface area contributed by atoms with Crippen LogP contribution in [0.1, 0.15) is 12.2 Å². The number of carbonyl (C=O) groups excluding carboxylic acids is 1. The Morgan fingerprint density at radius 3 is 2.62 bits per heavy atom. The van der Waals surface area contributed by atoms with Gasteiger partial charge in [0.2, 0.25) is 11.5 Å². The van der Waals surface area contributed by atoms with Gasteiger partial charge in [-0.25, -0.2) is 15.0 Å². The maximum atomic E-state index is 12.3. The van der Waals surface area contributed by atoms with Gasteiger partial charge in [0.1, 0.15) is 5.69 Å². The van der Waals surface area contributed by atoms with Crippen molar-refractivity contribution in [3.05, 3.63) is 60.7 Å². The van der Waals surface area contributed by atoms with Gasteiger partial charge >= 0.3 is 0 Å². The minimum absolute atomic E-state index is 0.105. The molecule has 2 N–H and O–H groups in total. The Kier molecular flexibility index (Phi) is 4.79. The summed E-state index contributed by atoms with van der Waals surface area (Å²) in [5.41, 5.74) is 1.13. The highest BCUT2D eigenvalue weighted by Gasteiger charge is 2.48. The fraction of sp³-hybridized carbons (Fsp3) is 0.190. The summed E-state index contributed by atoms with van der Waals surface area (Å²) in [6.07, 6.45) is 5.00. The average Bonchev–Trinajstić information content (AvgIpc) is 3.43. The maximum Gasteiger partial charge on any atom is 0.262 e. The fourth-order valence-electron chi connectivity index (χ4n) is 3.45. The Morgan fingerprint density at radius 1 is 1.06 bits per heavy atom. The van der Waals surface area contributed by atoms with Crippen molar-refractivity contribution in [1.82, 2.24) is 35.2 Å². The van der Waals surface area contributed by atoms with E-state index in [0.29, 0.717) is 41.0 Å². The third-order valence-corrected chi connectivity index (χ3v) is 5.20. The van der Waals surface area contributed by atoms with Crippen LogP contribution in [0.4, 0.5) is 11.6 Å². The standard InChI is InChI=1S/C21H18N8O3/c1-29-10-7-21(31,19(29)30)18-11-17(28-32-18)15-4-2-3-14(26-15)16-6-8-22-20(27-16)25-13-5-9-23-24-12-13/h2-6,8-9,11-12,31H,7,10H2,1H3,(H,22,23,25,27). The van der Waals surface area contributed by atoms with Crippen LogP contribution in [0, 0.1) is 0 Å². The molecule has 11 heteroatoms. The van der Waals surface area contributed by atoms with Gasteiger partial charge in [0, 0.05) is 32.3 Å². The first-order valence-corrected chi connectivity index (χ1v) is 9.83. The molecule has 1 unspecified atom stereocenters. The van der Waals surface area contributed by atoms with E-state index in [0.717, 1.165) is 0 Å². The van der Waals surface area contributed by atoms with E-state index >= 15 is 0 Å². The zero-order valence-electron chi connectivity index (χ0n) is 17.0. The number of hydrogen-bond donors (Lipinski definition) is 2. The molecule has 0 saturated carbocycles. The lowest BCUT2D eigenvalue weighted by Crippen LogP contribution is -2.35. The average molecular weight is 430 g/mol. The number of hydrogen-bond acceptors (Lipinski definition) is 10. The molecular formula is C21H18N8O3. The smallest absolute Gasteiger partial charge is 0.262 e. The van der Waals surface area contributed by atoms with Crippen LogP contribution in [0.2, 0.25) is 0 Å². The van der Waals surface area contributed by atoms with Gasteiger partial charge in [-0.3, -0.25) is 4.79 Å². The van der Waals surface area contributed by atoms with Gasteiger partial charge in [0.25, 0.3) is 5.91 Å². The lowest BCUT2D eigenvalue weighted by molar-refractivity contribution is -0.144. The van der Waals surface area contributed by atoms with Gasteiger partial charge < -0.3 is 19.8 Å². The van der Waals surface area contributed by atoms with Crippen LogP contribution in [0.5, 0.6) is 0 Å². The Labute approximate surface area is 182 Å². The van der Waals surface area contributed by atoms with E-state index in [1.165, 1.54) is 4.90 Å². The molecule has 5 rings (SSSR count). The summed E-state index contributed by atoms with van der Waals surface area (Å²) in [5.74, 6) is 0.0818. The van der Waals surface area contributed by atoms with Crippen molar-refractivity contribution in [2.75, 3.05) is 18.9 Å². The van der Waals surface area contributed by atoms with Crippen LogP contribution in [-0.4, -0.2) is 59.8 Å². The number of pyridine rings is 1. The van der Waals surface area contributed by atoms with E-state index in [4.69, 9.17) is 4.52 Å². The molecule has 0 aliphatic carbocycles. The summed E-state index contributed by atoms with van der Waals surface area (Å²) in [4.78, 5) is 27.1. The maximum absolute atomic E-state index is 12.3.